The fourth-order valence-corrected chi connectivity index (χ4v) is 3.61. The number of carbonyl (C=O) groups is 1. The first-order chi connectivity index (χ1) is 16.6. The highest BCUT2D eigenvalue weighted by atomic mass is 19.1. The van der Waals surface area contributed by atoms with Crippen molar-refractivity contribution in [2.45, 2.75) is 26.4 Å². The summed E-state index contributed by atoms with van der Waals surface area (Å²) in [5.74, 6) is 0.605. The van der Waals surface area contributed by atoms with Gasteiger partial charge in [-0.2, -0.15) is 5.10 Å². The number of hydrogen-bond acceptors (Lipinski definition) is 4. The van der Waals surface area contributed by atoms with E-state index in [1.807, 2.05) is 43.3 Å². The van der Waals surface area contributed by atoms with Crippen LogP contribution in [0.15, 0.2) is 77.4 Å². The number of urea groups is 1. The molecule has 0 saturated carbocycles. The lowest BCUT2D eigenvalue weighted by Crippen LogP contribution is -2.39. The van der Waals surface area contributed by atoms with Gasteiger partial charge in [0.15, 0.2) is 11.6 Å². The SMILES string of the molecule is CCCNC(=O)N(Cc1ccco1)Cc1c(-c2ccccc2)nn(C)c1Oc1ccccc1F. The van der Waals surface area contributed by atoms with Crippen molar-refractivity contribution in [3.8, 4) is 22.9 Å². The van der Waals surface area contributed by atoms with Crippen LogP contribution in [0.25, 0.3) is 11.3 Å². The van der Waals surface area contributed by atoms with Crippen LogP contribution >= 0.6 is 0 Å². The Morgan fingerprint density at radius 3 is 2.56 bits per heavy atom. The number of halogens is 1. The molecule has 0 aliphatic carbocycles. The molecule has 0 saturated heterocycles. The summed E-state index contributed by atoms with van der Waals surface area (Å²) in [6, 6.07) is 19.2. The second-order valence-corrected chi connectivity index (χ2v) is 7.82. The van der Waals surface area contributed by atoms with E-state index in [0.29, 0.717) is 29.4 Å². The third kappa shape index (κ3) is 5.28. The maximum Gasteiger partial charge on any atom is 0.318 e. The van der Waals surface area contributed by atoms with E-state index in [2.05, 4.69) is 10.4 Å². The van der Waals surface area contributed by atoms with Crippen molar-refractivity contribution in [3.05, 3.63) is 90.1 Å². The van der Waals surface area contributed by atoms with Gasteiger partial charge < -0.3 is 19.4 Å². The van der Waals surface area contributed by atoms with E-state index in [4.69, 9.17) is 9.15 Å². The highest BCUT2D eigenvalue weighted by Crippen LogP contribution is 2.35. The monoisotopic (exact) mass is 462 g/mol. The first-order valence-corrected chi connectivity index (χ1v) is 11.2. The van der Waals surface area contributed by atoms with Crippen molar-refractivity contribution in [2.24, 2.45) is 7.05 Å². The minimum atomic E-state index is -0.482. The van der Waals surface area contributed by atoms with Gasteiger partial charge in [0, 0.05) is 19.2 Å². The molecular weight excluding hydrogens is 435 g/mol. The van der Waals surface area contributed by atoms with Crippen molar-refractivity contribution in [1.82, 2.24) is 20.0 Å². The smallest absolute Gasteiger partial charge is 0.318 e. The zero-order valence-corrected chi connectivity index (χ0v) is 19.2. The molecule has 0 unspecified atom stereocenters. The van der Waals surface area contributed by atoms with Crippen LogP contribution in [0.1, 0.15) is 24.7 Å². The number of benzene rings is 2. The van der Waals surface area contributed by atoms with E-state index in [1.54, 1.807) is 47.2 Å². The standard InChI is InChI=1S/C26H27FN4O3/c1-3-15-28-26(32)31(17-20-12-9-16-33-20)18-21-24(19-10-5-4-6-11-19)29-30(2)25(21)34-23-14-8-7-13-22(23)27/h4-14,16H,3,15,17-18H2,1-2H3,(H,28,32). The number of hydrogen-bond donors (Lipinski definition) is 1. The Kier molecular flexibility index (Phi) is 7.27. The lowest BCUT2D eigenvalue weighted by molar-refractivity contribution is 0.187. The van der Waals surface area contributed by atoms with Crippen molar-refractivity contribution in [3.63, 3.8) is 0 Å². The number of rotatable bonds is 9. The molecule has 0 spiro atoms. The van der Waals surface area contributed by atoms with E-state index in [1.165, 1.54) is 6.07 Å². The molecule has 2 heterocycles. The molecule has 0 aliphatic rings. The van der Waals surface area contributed by atoms with Crippen LogP contribution in [-0.2, 0) is 20.1 Å². The lowest BCUT2D eigenvalue weighted by atomic mass is 10.1. The van der Waals surface area contributed by atoms with E-state index < -0.39 is 5.82 Å². The summed E-state index contributed by atoms with van der Waals surface area (Å²) >= 11 is 0. The molecule has 7 nitrogen and oxygen atoms in total. The molecule has 8 heteroatoms. The summed E-state index contributed by atoms with van der Waals surface area (Å²) in [7, 11) is 1.74. The first-order valence-electron chi connectivity index (χ1n) is 11.2. The van der Waals surface area contributed by atoms with Gasteiger partial charge in [-0.25, -0.2) is 13.9 Å². The summed E-state index contributed by atoms with van der Waals surface area (Å²) < 4.78 is 27.5. The Labute approximate surface area is 197 Å². The topological polar surface area (TPSA) is 72.5 Å². The number of amides is 2. The number of ether oxygens (including phenoxy) is 1. The Morgan fingerprint density at radius 1 is 1.09 bits per heavy atom. The fraction of sp³-hybridized carbons (Fsp3) is 0.231. The van der Waals surface area contributed by atoms with Crippen molar-refractivity contribution < 1.29 is 18.3 Å². The average molecular weight is 463 g/mol. The molecule has 0 fully saturated rings. The summed E-state index contributed by atoms with van der Waals surface area (Å²) in [5, 5.41) is 7.59. The number of para-hydroxylation sites is 1. The Morgan fingerprint density at radius 2 is 1.85 bits per heavy atom. The summed E-state index contributed by atoms with van der Waals surface area (Å²) in [5.41, 5.74) is 2.18. The zero-order chi connectivity index (χ0) is 23.9. The number of nitrogens with one attached hydrogen (secondary N) is 1. The summed E-state index contributed by atoms with van der Waals surface area (Å²) in [6.45, 7) is 2.97. The average Bonchev–Trinajstić information content (AvgIpc) is 3.47. The van der Waals surface area contributed by atoms with Crippen LogP contribution in [0, 0.1) is 5.82 Å². The maximum atomic E-state index is 14.4. The van der Waals surface area contributed by atoms with E-state index >= 15 is 0 Å². The first kappa shape index (κ1) is 23.1. The molecule has 176 valence electrons. The number of aryl methyl sites for hydroxylation is 1. The Hall–Kier alpha value is -4.07. The molecular formula is C26H27FN4O3. The fourth-order valence-electron chi connectivity index (χ4n) is 3.61. The van der Waals surface area contributed by atoms with Crippen molar-refractivity contribution in [1.29, 1.82) is 0 Å². The van der Waals surface area contributed by atoms with Crippen LogP contribution in [-0.4, -0.2) is 27.3 Å². The number of nitrogens with zero attached hydrogens (tertiary/aromatic N) is 3. The normalized spacial score (nSPS) is 10.8. The Balaban J connectivity index is 1.76. The number of furan rings is 1. The minimum Gasteiger partial charge on any atom is -0.467 e. The van der Waals surface area contributed by atoms with Crippen molar-refractivity contribution in [2.75, 3.05) is 6.54 Å². The van der Waals surface area contributed by atoms with Gasteiger partial charge in [0.1, 0.15) is 11.5 Å². The van der Waals surface area contributed by atoms with Gasteiger partial charge in [0.25, 0.3) is 0 Å². The zero-order valence-electron chi connectivity index (χ0n) is 19.2. The van der Waals surface area contributed by atoms with Gasteiger partial charge in [0.2, 0.25) is 5.88 Å². The molecule has 0 radical (unpaired) electrons. The van der Waals surface area contributed by atoms with Gasteiger partial charge in [-0.05, 0) is 30.7 Å². The molecule has 0 atom stereocenters. The third-order valence-corrected chi connectivity index (χ3v) is 5.27. The minimum absolute atomic E-state index is 0.0828. The maximum absolute atomic E-state index is 14.4. The molecule has 2 amide bonds. The van der Waals surface area contributed by atoms with Crippen LogP contribution in [0.2, 0.25) is 0 Å². The Bertz CT molecular complexity index is 1220. The predicted molar refractivity (Wildman–Crippen MR) is 127 cm³/mol. The number of carbonyl (C=O) groups excluding carboxylic acids is 1. The second-order valence-electron chi connectivity index (χ2n) is 7.82. The largest absolute Gasteiger partial charge is 0.467 e. The predicted octanol–water partition coefficient (Wildman–Crippen LogP) is 5.73. The lowest BCUT2D eigenvalue weighted by Gasteiger charge is -2.23. The molecule has 0 aliphatic heterocycles. The van der Waals surface area contributed by atoms with Crippen LogP contribution < -0.4 is 10.1 Å². The molecule has 4 rings (SSSR count). The highest BCUT2D eigenvalue weighted by Gasteiger charge is 2.25. The van der Waals surface area contributed by atoms with Gasteiger partial charge in [-0.3, -0.25) is 0 Å². The third-order valence-electron chi connectivity index (χ3n) is 5.27. The van der Waals surface area contributed by atoms with Crippen LogP contribution in [0.3, 0.4) is 0 Å². The molecule has 1 N–H and O–H groups in total. The summed E-state index contributed by atoms with van der Waals surface area (Å²) in [4.78, 5) is 14.7. The van der Waals surface area contributed by atoms with Gasteiger partial charge >= 0.3 is 6.03 Å². The molecule has 4 aromatic rings. The van der Waals surface area contributed by atoms with Gasteiger partial charge in [-0.1, -0.05) is 49.4 Å². The highest BCUT2D eigenvalue weighted by molar-refractivity contribution is 5.75. The molecule has 34 heavy (non-hydrogen) atoms. The summed E-state index contributed by atoms with van der Waals surface area (Å²) in [6.07, 6.45) is 2.38. The van der Waals surface area contributed by atoms with Gasteiger partial charge in [0.05, 0.1) is 24.9 Å². The van der Waals surface area contributed by atoms with E-state index in [0.717, 1.165) is 12.0 Å². The van der Waals surface area contributed by atoms with Crippen molar-refractivity contribution >= 4 is 6.03 Å². The van der Waals surface area contributed by atoms with Crippen LogP contribution in [0.5, 0.6) is 11.6 Å². The molecule has 2 aromatic heterocycles. The van der Waals surface area contributed by atoms with E-state index in [-0.39, 0.29) is 24.9 Å². The van der Waals surface area contributed by atoms with E-state index in [9.17, 15) is 9.18 Å². The molecule has 2 aromatic carbocycles. The molecule has 0 bridgehead atoms. The quantitative estimate of drug-likeness (QED) is 0.345. The number of aromatic nitrogens is 2. The van der Waals surface area contributed by atoms with Crippen LogP contribution in [0.4, 0.5) is 9.18 Å². The second kappa shape index (κ2) is 10.7. The van der Waals surface area contributed by atoms with Gasteiger partial charge in [-0.15, -0.1) is 0 Å².